The van der Waals surface area contributed by atoms with Crippen LogP contribution in [-0.2, 0) is 4.74 Å². The summed E-state index contributed by atoms with van der Waals surface area (Å²) in [5.74, 6) is 1.02. The zero-order valence-corrected chi connectivity index (χ0v) is 18.0. The molecular formula is C25H28N2O4. The molecule has 6 heteroatoms. The zero-order valence-electron chi connectivity index (χ0n) is 18.0. The average Bonchev–Trinajstić information content (AvgIpc) is 2.84. The third-order valence-electron chi connectivity index (χ3n) is 5.74. The Bertz CT molecular complexity index is 1020. The molecule has 31 heavy (non-hydrogen) atoms. The van der Waals surface area contributed by atoms with Gasteiger partial charge in [0.15, 0.2) is 0 Å². The van der Waals surface area contributed by atoms with Crippen LogP contribution < -0.4 is 14.8 Å². The molecule has 0 aliphatic carbocycles. The number of carbonyl (C=O) groups excluding carboxylic acids is 1. The number of fused-ring (bicyclic) bond motifs is 1. The molecule has 1 saturated heterocycles. The minimum Gasteiger partial charge on any atom is -0.497 e. The molecule has 6 nitrogen and oxygen atoms in total. The zero-order chi connectivity index (χ0) is 21.6. The number of nitrogens with zero attached hydrogens (tertiary/aromatic N) is 1. The van der Waals surface area contributed by atoms with E-state index in [2.05, 4.69) is 46.6 Å². The predicted octanol–water partition coefficient (Wildman–Crippen LogP) is 3.66. The first kappa shape index (κ1) is 21.2. The monoisotopic (exact) mass is 420 g/mol. The van der Waals surface area contributed by atoms with Crippen LogP contribution in [0.3, 0.4) is 0 Å². The Kier molecular flexibility index (Phi) is 6.70. The summed E-state index contributed by atoms with van der Waals surface area (Å²) in [7, 11) is 3.15. The lowest BCUT2D eigenvalue weighted by Crippen LogP contribution is -2.43. The maximum atomic E-state index is 13.0. The van der Waals surface area contributed by atoms with Gasteiger partial charge < -0.3 is 19.5 Å². The Morgan fingerprint density at radius 2 is 1.68 bits per heavy atom. The molecule has 162 valence electrons. The quantitative estimate of drug-likeness (QED) is 0.632. The van der Waals surface area contributed by atoms with Gasteiger partial charge in [0.2, 0.25) is 0 Å². The number of carbonyl (C=O) groups is 1. The van der Waals surface area contributed by atoms with Crippen LogP contribution in [0, 0.1) is 0 Å². The Morgan fingerprint density at radius 3 is 2.39 bits per heavy atom. The van der Waals surface area contributed by atoms with E-state index in [1.54, 1.807) is 32.4 Å². The van der Waals surface area contributed by atoms with Crippen LogP contribution in [0.1, 0.15) is 22.0 Å². The van der Waals surface area contributed by atoms with Gasteiger partial charge in [0.25, 0.3) is 5.91 Å². The van der Waals surface area contributed by atoms with Crippen molar-refractivity contribution in [2.75, 3.05) is 47.1 Å². The van der Waals surface area contributed by atoms with Crippen molar-refractivity contribution in [2.45, 2.75) is 6.04 Å². The van der Waals surface area contributed by atoms with Crippen LogP contribution >= 0.6 is 0 Å². The number of hydrogen-bond donors (Lipinski definition) is 1. The second-order valence-corrected chi connectivity index (χ2v) is 7.54. The number of methoxy groups -OCH3 is 2. The summed E-state index contributed by atoms with van der Waals surface area (Å²) in [5.41, 5.74) is 1.72. The minimum absolute atomic E-state index is 0.0476. The summed E-state index contributed by atoms with van der Waals surface area (Å²) in [5, 5.41) is 5.53. The van der Waals surface area contributed by atoms with Gasteiger partial charge in [-0.15, -0.1) is 0 Å². The van der Waals surface area contributed by atoms with Gasteiger partial charge in [-0.25, -0.2) is 0 Å². The lowest BCUT2D eigenvalue weighted by Gasteiger charge is -2.35. The van der Waals surface area contributed by atoms with E-state index in [0.29, 0.717) is 36.8 Å². The smallest absolute Gasteiger partial charge is 0.251 e. The number of amides is 1. The van der Waals surface area contributed by atoms with Crippen molar-refractivity contribution in [1.29, 1.82) is 0 Å². The summed E-state index contributed by atoms with van der Waals surface area (Å²) < 4.78 is 16.2. The Balaban J connectivity index is 1.60. The molecule has 1 atom stereocenters. The van der Waals surface area contributed by atoms with Gasteiger partial charge in [-0.05, 0) is 28.5 Å². The van der Waals surface area contributed by atoms with Gasteiger partial charge in [0.05, 0.1) is 33.5 Å². The fourth-order valence-corrected chi connectivity index (χ4v) is 4.10. The highest BCUT2D eigenvalue weighted by Gasteiger charge is 2.25. The standard InChI is InChI=1S/C25H28N2O4/c1-29-20-14-19(15-21(16-20)30-2)25(28)26-17-24(27-10-12-31-13-11-27)23-9-5-7-18-6-3-4-8-22(18)23/h3-9,14-16,24H,10-13,17H2,1-2H3,(H,26,28)/t24-/m0/s1. The average molecular weight is 421 g/mol. The summed E-state index contributed by atoms with van der Waals surface area (Å²) in [6, 6.07) is 20.0. The van der Waals surface area contributed by atoms with Crippen LogP contribution in [0.4, 0.5) is 0 Å². The molecule has 1 amide bonds. The van der Waals surface area contributed by atoms with Crippen molar-refractivity contribution in [3.05, 3.63) is 71.8 Å². The molecule has 0 spiro atoms. The van der Waals surface area contributed by atoms with E-state index < -0.39 is 0 Å². The van der Waals surface area contributed by atoms with Crippen molar-refractivity contribution in [2.24, 2.45) is 0 Å². The number of benzene rings is 3. The highest BCUT2D eigenvalue weighted by atomic mass is 16.5. The molecule has 4 rings (SSSR count). The van der Waals surface area contributed by atoms with Crippen molar-refractivity contribution in [3.63, 3.8) is 0 Å². The fraction of sp³-hybridized carbons (Fsp3) is 0.320. The fourth-order valence-electron chi connectivity index (χ4n) is 4.10. The van der Waals surface area contributed by atoms with Crippen LogP contribution in [0.5, 0.6) is 11.5 Å². The maximum absolute atomic E-state index is 13.0. The maximum Gasteiger partial charge on any atom is 0.251 e. The topological polar surface area (TPSA) is 60.0 Å². The molecule has 0 saturated carbocycles. The van der Waals surface area contributed by atoms with Crippen LogP contribution in [0.15, 0.2) is 60.7 Å². The van der Waals surface area contributed by atoms with E-state index in [1.807, 2.05) is 6.07 Å². The highest BCUT2D eigenvalue weighted by Crippen LogP contribution is 2.29. The van der Waals surface area contributed by atoms with E-state index in [-0.39, 0.29) is 11.9 Å². The Morgan fingerprint density at radius 1 is 1.00 bits per heavy atom. The summed E-state index contributed by atoms with van der Waals surface area (Å²) in [6.07, 6.45) is 0. The number of ether oxygens (including phenoxy) is 3. The normalized spacial score (nSPS) is 15.4. The molecule has 0 aromatic heterocycles. The first-order valence-electron chi connectivity index (χ1n) is 10.5. The second-order valence-electron chi connectivity index (χ2n) is 7.54. The molecule has 1 aliphatic heterocycles. The molecule has 1 fully saturated rings. The third-order valence-corrected chi connectivity index (χ3v) is 5.74. The first-order valence-corrected chi connectivity index (χ1v) is 10.5. The Hall–Kier alpha value is -3.09. The minimum atomic E-state index is -0.157. The van der Waals surface area contributed by atoms with Gasteiger partial charge in [0, 0.05) is 31.3 Å². The van der Waals surface area contributed by atoms with Gasteiger partial charge in [-0.1, -0.05) is 42.5 Å². The van der Waals surface area contributed by atoms with Crippen molar-refractivity contribution in [1.82, 2.24) is 10.2 Å². The van der Waals surface area contributed by atoms with E-state index >= 15 is 0 Å². The lowest BCUT2D eigenvalue weighted by molar-refractivity contribution is 0.0165. The van der Waals surface area contributed by atoms with Crippen LogP contribution in [-0.4, -0.2) is 57.9 Å². The predicted molar refractivity (Wildman–Crippen MR) is 121 cm³/mol. The van der Waals surface area contributed by atoms with Gasteiger partial charge >= 0.3 is 0 Å². The largest absolute Gasteiger partial charge is 0.497 e. The number of morpholine rings is 1. The first-order chi connectivity index (χ1) is 15.2. The molecule has 1 aliphatic rings. The van der Waals surface area contributed by atoms with E-state index in [0.717, 1.165) is 13.1 Å². The van der Waals surface area contributed by atoms with Gasteiger partial charge in [0.1, 0.15) is 11.5 Å². The van der Waals surface area contributed by atoms with Crippen LogP contribution in [0.2, 0.25) is 0 Å². The number of nitrogens with one attached hydrogen (secondary N) is 1. The third kappa shape index (κ3) is 4.81. The molecule has 3 aromatic rings. The van der Waals surface area contributed by atoms with Crippen LogP contribution in [0.25, 0.3) is 10.8 Å². The lowest BCUT2D eigenvalue weighted by atomic mass is 9.97. The van der Waals surface area contributed by atoms with E-state index in [9.17, 15) is 4.79 Å². The molecule has 0 unspecified atom stereocenters. The Labute approximate surface area is 182 Å². The van der Waals surface area contributed by atoms with Crippen molar-refractivity contribution < 1.29 is 19.0 Å². The molecule has 0 radical (unpaired) electrons. The van der Waals surface area contributed by atoms with Gasteiger partial charge in [-0.2, -0.15) is 0 Å². The summed E-state index contributed by atoms with van der Waals surface area (Å²) in [6.45, 7) is 3.55. The molecule has 1 heterocycles. The van der Waals surface area contributed by atoms with Crippen molar-refractivity contribution >= 4 is 16.7 Å². The SMILES string of the molecule is COc1cc(OC)cc(C(=O)NC[C@@H](c2cccc3ccccc23)N2CCOCC2)c1. The van der Waals surface area contributed by atoms with Crippen molar-refractivity contribution in [3.8, 4) is 11.5 Å². The van der Waals surface area contributed by atoms with E-state index in [4.69, 9.17) is 14.2 Å². The summed E-state index contributed by atoms with van der Waals surface area (Å²) >= 11 is 0. The molecular weight excluding hydrogens is 392 g/mol. The molecule has 3 aromatic carbocycles. The van der Waals surface area contributed by atoms with E-state index in [1.165, 1.54) is 16.3 Å². The van der Waals surface area contributed by atoms with Gasteiger partial charge in [-0.3, -0.25) is 9.69 Å². The second kappa shape index (κ2) is 9.81. The number of hydrogen-bond acceptors (Lipinski definition) is 5. The summed E-state index contributed by atoms with van der Waals surface area (Å²) in [4.78, 5) is 15.4. The molecule has 1 N–H and O–H groups in total. The number of rotatable bonds is 7. The molecule has 0 bridgehead atoms. The highest BCUT2D eigenvalue weighted by molar-refractivity contribution is 5.95.